The molecule has 0 aromatic heterocycles. The van der Waals surface area contributed by atoms with Crippen molar-refractivity contribution >= 4 is 23.4 Å². The molecule has 0 fully saturated rings. The van der Waals surface area contributed by atoms with Crippen LogP contribution in [0.1, 0.15) is 12.0 Å². The van der Waals surface area contributed by atoms with Gasteiger partial charge in [0.15, 0.2) is 0 Å². The average Bonchev–Trinajstić information content (AvgIpc) is 2.60. The molecule has 0 unspecified atom stereocenters. The van der Waals surface area contributed by atoms with E-state index in [1.165, 1.54) is 4.90 Å². The first-order chi connectivity index (χ1) is 11.7. The largest absolute Gasteiger partial charge is 0.377 e. The van der Waals surface area contributed by atoms with Gasteiger partial charge in [-0.15, -0.1) is 11.8 Å². The van der Waals surface area contributed by atoms with Crippen molar-refractivity contribution in [3.8, 4) is 11.8 Å². The van der Waals surface area contributed by atoms with Crippen molar-refractivity contribution in [2.24, 2.45) is 0 Å². The van der Waals surface area contributed by atoms with Crippen molar-refractivity contribution in [1.29, 1.82) is 0 Å². The Morgan fingerprint density at radius 1 is 1.08 bits per heavy atom. The minimum absolute atomic E-state index is 0.0358. The van der Waals surface area contributed by atoms with Gasteiger partial charge in [-0.25, -0.2) is 0 Å². The van der Waals surface area contributed by atoms with Crippen LogP contribution in [0.3, 0.4) is 0 Å². The Hall–Kier alpha value is -2.38. The number of rotatable bonds is 6. The van der Waals surface area contributed by atoms with E-state index in [1.54, 1.807) is 11.8 Å². The van der Waals surface area contributed by atoms with Crippen LogP contribution < -0.4 is 10.2 Å². The Kier molecular flexibility index (Phi) is 7.25. The van der Waals surface area contributed by atoms with Crippen LogP contribution in [0.2, 0.25) is 0 Å². The molecule has 1 amide bonds. The third kappa shape index (κ3) is 6.02. The van der Waals surface area contributed by atoms with Crippen molar-refractivity contribution in [3.63, 3.8) is 0 Å². The summed E-state index contributed by atoms with van der Waals surface area (Å²) in [5.41, 5.74) is 2.05. The van der Waals surface area contributed by atoms with Crippen LogP contribution in [0.25, 0.3) is 0 Å². The highest BCUT2D eigenvalue weighted by Gasteiger charge is 2.01. The Morgan fingerprint density at radius 2 is 1.79 bits per heavy atom. The number of carbonyl (C=O) groups excluding carboxylic acids is 1. The summed E-state index contributed by atoms with van der Waals surface area (Å²) in [6, 6.07) is 18.1. The van der Waals surface area contributed by atoms with E-state index in [9.17, 15) is 4.79 Å². The molecule has 4 heteroatoms. The van der Waals surface area contributed by atoms with E-state index in [2.05, 4.69) is 29.3 Å². The number of carbonyl (C=O) groups is 1. The molecule has 1 N–H and O–H groups in total. The van der Waals surface area contributed by atoms with Gasteiger partial charge >= 0.3 is 0 Å². The summed E-state index contributed by atoms with van der Waals surface area (Å²) >= 11 is 1.69. The molecule has 24 heavy (non-hydrogen) atoms. The Labute approximate surface area is 148 Å². The van der Waals surface area contributed by atoms with E-state index in [4.69, 9.17) is 0 Å². The van der Waals surface area contributed by atoms with Gasteiger partial charge in [0.2, 0.25) is 5.91 Å². The van der Waals surface area contributed by atoms with E-state index in [0.717, 1.165) is 17.0 Å². The van der Waals surface area contributed by atoms with Gasteiger partial charge in [-0.1, -0.05) is 42.2 Å². The first kappa shape index (κ1) is 18.0. The number of hydrogen-bond acceptors (Lipinski definition) is 3. The van der Waals surface area contributed by atoms with Crippen LogP contribution >= 0.6 is 11.8 Å². The Bertz CT molecular complexity index is 717. The molecule has 0 radical (unpaired) electrons. The van der Waals surface area contributed by atoms with E-state index < -0.39 is 0 Å². The summed E-state index contributed by atoms with van der Waals surface area (Å²) in [7, 11) is 3.99. The number of hydrogen-bond donors (Lipinski definition) is 1. The van der Waals surface area contributed by atoms with Gasteiger partial charge in [0, 0.05) is 36.7 Å². The summed E-state index contributed by atoms with van der Waals surface area (Å²) in [5, 5.41) is 2.85. The summed E-state index contributed by atoms with van der Waals surface area (Å²) in [4.78, 5) is 15.0. The van der Waals surface area contributed by atoms with Gasteiger partial charge in [0.05, 0.1) is 12.2 Å². The molecule has 0 aliphatic carbocycles. The second kappa shape index (κ2) is 9.69. The number of nitrogens with one attached hydrogen (secondary N) is 1. The highest BCUT2D eigenvalue weighted by atomic mass is 32.2. The van der Waals surface area contributed by atoms with E-state index in [1.807, 2.05) is 61.5 Å². The molecular formula is C20H22N2OS. The third-order valence-electron chi connectivity index (χ3n) is 3.32. The number of benzene rings is 2. The molecular weight excluding hydrogens is 316 g/mol. The Morgan fingerprint density at radius 3 is 2.54 bits per heavy atom. The number of amides is 1. The molecule has 2 rings (SSSR count). The molecule has 2 aromatic rings. The average molecular weight is 338 g/mol. The van der Waals surface area contributed by atoms with E-state index in [-0.39, 0.29) is 5.91 Å². The number of thioether (sulfide) groups is 1. The van der Waals surface area contributed by atoms with Crippen LogP contribution in [0.5, 0.6) is 0 Å². The van der Waals surface area contributed by atoms with Crippen LogP contribution in [-0.4, -0.2) is 32.3 Å². The van der Waals surface area contributed by atoms with Crippen molar-refractivity contribution in [1.82, 2.24) is 5.32 Å². The number of para-hydroxylation sites is 1. The van der Waals surface area contributed by atoms with Crippen LogP contribution in [0, 0.1) is 11.8 Å². The topological polar surface area (TPSA) is 32.3 Å². The Balaban J connectivity index is 1.74. The zero-order chi connectivity index (χ0) is 17.2. The lowest BCUT2D eigenvalue weighted by Gasteiger charge is -2.13. The molecule has 0 saturated carbocycles. The van der Waals surface area contributed by atoms with Crippen LogP contribution in [0.4, 0.5) is 5.69 Å². The third-order valence-corrected chi connectivity index (χ3v) is 4.34. The fraction of sp³-hybridized carbons (Fsp3) is 0.250. The van der Waals surface area contributed by atoms with Gasteiger partial charge < -0.3 is 10.2 Å². The highest BCUT2D eigenvalue weighted by Crippen LogP contribution is 2.17. The highest BCUT2D eigenvalue weighted by molar-refractivity contribution is 7.99. The number of anilines is 1. The van der Waals surface area contributed by atoms with Crippen LogP contribution in [0.15, 0.2) is 59.5 Å². The molecule has 0 aliphatic rings. The molecule has 0 atom stereocenters. The van der Waals surface area contributed by atoms with Crippen LogP contribution in [-0.2, 0) is 4.79 Å². The molecule has 0 aliphatic heterocycles. The number of nitrogens with zero attached hydrogens (tertiary/aromatic N) is 1. The summed E-state index contributed by atoms with van der Waals surface area (Å²) in [6.45, 7) is 0.372. The van der Waals surface area contributed by atoms with Gasteiger partial charge in [-0.3, -0.25) is 4.79 Å². The lowest BCUT2D eigenvalue weighted by atomic mass is 10.1. The second-order valence-electron chi connectivity index (χ2n) is 5.40. The molecule has 124 valence electrons. The smallest absolute Gasteiger partial charge is 0.221 e. The predicted octanol–water partition coefficient (Wildman–Crippen LogP) is 3.40. The van der Waals surface area contributed by atoms with Crippen molar-refractivity contribution < 1.29 is 4.79 Å². The van der Waals surface area contributed by atoms with Gasteiger partial charge in [0.25, 0.3) is 0 Å². The van der Waals surface area contributed by atoms with Gasteiger partial charge in [-0.05, 0) is 24.3 Å². The zero-order valence-corrected chi connectivity index (χ0v) is 14.9. The first-order valence-corrected chi connectivity index (χ1v) is 8.85. The quantitative estimate of drug-likeness (QED) is 0.647. The van der Waals surface area contributed by atoms with E-state index >= 15 is 0 Å². The summed E-state index contributed by atoms with van der Waals surface area (Å²) in [6.07, 6.45) is 0.496. The van der Waals surface area contributed by atoms with Crippen molar-refractivity contribution in [2.75, 3.05) is 31.3 Å². The van der Waals surface area contributed by atoms with Gasteiger partial charge in [0.1, 0.15) is 0 Å². The minimum atomic E-state index is 0.0358. The molecule has 3 nitrogen and oxygen atoms in total. The monoisotopic (exact) mass is 338 g/mol. The SMILES string of the molecule is CN(C)c1ccccc1C#CCNC(=O)CCSc1ccccc1. The maximum absolute atomic E-state index is 11.8. The molecule has 0 bridgehead atoms. The van der Waals surface area contributed by atoms with Crippen molar-refractivity contribution in [3.05, 3.63) is 60.2 Å². The standard InChI is InChI=1S/C20H22N2OS/c1-22(2)19-13-7-6-9-17(19)10-8-15-21-20(23)14-16-24-18-11-4-3-5-12-18/h3-7,9,11-13H,14-16H2,1-2H3,(H,21,23). The summed E-state index contributed by atoms with van der Waals surface area (Å²) in [5.74, 6) is 6.95. The maximum Gasteiger partial charge on any atom is 0.221 e. The lowest BCUT2D eigenvalue weighted by Crippen LogP contribution is -2.23. The fourth-order valence-electron chi connectivity index (χ4n) is 2.12. The van der Waals surface area contributed by atoms with Crippen molar-refractivity contribution in [2.45, 2.75) is 11.3 Å². The fourth-order valence-corrected chi connectivity index (χ4v) is 2.99. The zero-order valence-electron chi connectivity index (χ0n) is 14.1. The first-order valence-electron chi connectivity index (χ1n) is 7.86. The molecule has 0 saturated heterocycles. The molecule has 0 spiro atoms. The predicted molar refractivity (Wildman–Crippen MR) is 102 cm³/mol. The molecule has 0 heterocycles. The minimum Gasteiger partial charge on any atom is -0.377 e. The van der Waals surface area contributed by atoms with Gasteiger partial charge in [-0.2, -0.15) is 0 Å². The lowest BCUT2D eigenvalue weighted by molar-refractivity contribution is -0.120. The summed E-state index contributed by atoms with van der Waals surface area (Å²) < 4.78 is 0. The van der Waals surface area contributed by atoms with E-state index in [0.29, 0.717) is 13.0 Å². The second-order valence-corrected chi connectivity index (χ2v) is 6.57. The normalized spacial score (nSPS) is 9.75. The maximum atomic E-state index is 11.8. The molecule has 2 aromatic carbocycles.